The number of aliphatic imine (C=N–C) groups is 1. The summed E-state index contributed by atoms with van der Waals surface area (Å²) in [6.45, 7) is 6.78. The molecular formula is C15H19N3O2. The van der Waals surface area contributed by atoms with Crippen LogP contribution in [0.15, 0.2) is 34.5 Å². The van der Waals surface area contributed by atoms with Crippen molar-refractivity contribution in [2.24, 2.45) is 4.99 Å². The summed E-state index contributed by atoms with van der Waals surface area (Å²) in [5, 5.41) is 15.5. The van der Waals surface area contributed by atoms with Gasteiger partial charge < -0.3 is 15.7 Å². The van der Waals surface area contributed by atoms with Crippen LogP contribution >= 0.6 is 0 Å². The molecule has 1 aromatic carbocycles. The van der Waals surface area contributed by atoms with Crippen molar-refractivity contribution >= 4 is 17.4 Å². The molecule has 0 aromatic heterocycles. The molecule has 3 N–H and O–H groups in total. The van der Waals surface area contributed by atoms with Gasteiger partial charge in [0.05, 0.1) is 6.54 Å². The van der Waals surface area contributed by atoms with E-state index in [2.05, 4.69) is 15.6 Å². The average molecular weight is 273 g/mol. The van der Waals surface area contributed by atoms with Gasteiger partial charge in [-0.05, 0) is 44.0 Å². The average Bonchev–Trinajstić information content (AvgIpc) is 2.87. The Morgan fingerprint density at radius 1 is 1.35 bits per heavy atom. The molecule has 0 atom stereocenters. The van der Waals surface area contributed by atoms with Crippen molar-refractivity contribution in [1.82, 2.24) is 5.32 Å². The molecule has 0 bridgehead atoms. The number of allylic oxidation sites excluding steroid dienone is 1. The van der Waals surface area contributed by atoms with E-state index in [1.807, 2.05) is 32.0 Å². The highest BCUT2D eigenvalue weighted by Gasteiger charge is 2.21. The van der Waals surface area contributed by atoms with Gasteiger partial charge in [-0.3, -0.25) is 9.79 Å². The molecule has 2 rings (SSSR count). The fraction of sp³-hybridized carbons (Fsp3) is 0.333. The maximum atomic E-state index is 12.3. The van der Waals surface area contributed by atoms with Crippen LogP contribution in [0, 0.1) is 13.8 Å². The molecule has 1 aromatic rings. The number of benzene rings is 1. The summed E-state index contributed by atoms with van der Waals surface area (Å²) in [7, 11) is 0. The van der Waals surface area contributed by atoms with Crippen LogP contribution in [0.1, 0.15) is 18.1 Å². The summed E-state index contributed by atoms with van der Waals surface area (Å²) in [5.74, 6) is 0.0484. The third-order valence-corrected chi connectivity index (χ3v) is 3.26. The van der Waals surface area contributed by atoms with Crippen molar-refractivity contribution in [1.29, 1.82) is 0 Å². The minimum Gasteiger partial charge on any atom is -0.512 e. The van der Waals surface area contributed by atoms with Gasteiger partial charge in [0.1, 0.15) is 17.2 Å². The van der Waals surface area contributed by atoms with Crippen LogP contribution in [0.25, 0.3) is 0 Å². The summed E-state index contributed by atoms with van der Waals surface area (Å²) in [6.07, 6.45) is 0. The van der Waals surface area contributed by atoms with E-state index in [4.69, 9.17) is 0 Å². The van der Waals surface area contributed by atoms with Crippen molar-refractivity contribution < 1.29 is 9.90 Å². The Bertz CT molecular complexity index is 599. The molecule has 0 unspecified atom stereocenters. The quantitative estimate of drug-likeness (QED) is 0.583. The van der Waals surface area contributed by atoms with Crippen LogP contribution < -0.4 is 10.6 Å². The van der Waals surface area contributed by atoms with Gasteiger partial charge in [0.2, 0.25) is 0 Å². The fourth-order valence-corrected chi connectivity index (χ4v) is 2.02. The lowest BCUT2D eigenvalue weighted by Crippen LogP contribution is -2.29. The molecule has 0 fully saturated rings. The highest BCUT2D eigenvalue weighted by molar-refractivity contribution is 6.25. The minimum absolute atomic E-state index is 0.0421. The molecule has 0 radical (unpaired) electrons. The summed E-state index contributed by atoms with van der Waals surface area (Å²) in [5.41, 5.74) is 3.17. The first-order valence-electron chi connectivity index (χ1n) is 6.56. The molecule has 0 saturated heterocycles. The molecule has 20 heavy (non-hydrogen) atoms. The Labute approximate surface area is 118 Å². The van der Waals surface area contributed by atoms with E-state index in [-0.39, 0.29) is 17.2 Å². The number of anilines is 1. The molecule has 106 valence electrons. The minimum atomic E-state index is -0.360. The van der Waals surface area contributed by atoms with E-state index in [0.29, 0.717) is 24.6 Å². The van der Waals surface area contributed by atoms with Gasteiger partial charge >= 0.3 is 0 Å². The van der Waals surface area contributed by atoms with Crippen LogP contribution in [0.3, 0.4) is 0 Å². The molecular weight excluding hydrogens is 254 g/mol. The number of nitrogens with one attached hydrogen (secondary N) is 2. The lowest BCUT2D eigenvalue weighted by Gasteiger charge is -2.11. The van der Waals surface area contributed by atoms with Crippen LogP contribution in [0.4, 0.5) is 5.69 Å². The van der Waals surface area contributed by atoms with Crippen LogP contribution in [0.5, 0.6) is 0 Å². The number of rotatable bonds is 3. The highest BCUT2D eigenvalue weighted by atomic mass is 16.3. The van der Waals surface area contributed by atoms with Crippen molar-refractivity contribution in [3.63, 3.8) is 0 Å². The topological polar surface area (TPSA) is 73.7 Å². The van der Waals surface area contributed by atoms with Crippen LogP contribution in [-0.2, 0) is 4.79 Å². The number of hydrogen-bond donors (Lipinski definition) is 3. The molecule has 0 aliphatic carbocycles. The number of aryl methyl sites for hydroxylation is 2. The molecule has 0 saturated carbocycles. The van der Waals surface area contributed by atoms with E-state index in [1.54, 1.807) is 0 Å². The van der Waals surface area contributed by atoms with E-state index < -0.39 is 0 Å². The van der Waals surface area contributed by atoms with E-state index in [1.165, 1.54) is 12.5 Å². The maximum absolute atomic E-state index is 12.3. The number of aliphatic hydroxyl groups excluding tert-OH is 1. The lowest BCUT2D eigenvalue weighted by atomic mass is 10.1. The Kier molecular flexibility index (Phi) is 4.08. The number of carbonyl (C=O) groups excluding carboxylic acids is 1. The SMILES string of the molecule is C/C(O)=C(/C(=O)Nc1ccc(C)c(C)c1)C1=NCCN1. The number of carbonyl (C=O) groups is 1. The lowest BCUT2D eigenvalue weighted by molar-refractivity contribution is -0.112. The normalized spacial score (nSPS) is 15.2. The van der Waals surface area contributed by atoms with E-state index in [0.717, 1.165) is 5.56 Å². The van der Waals surface area contributed by atoms with Crippen molar-refractivity contribution in [2.75, 3.05) is 18.4 Å². The maximum Gasteiger partial charge on any atom is 0.262 e. The molecule has 1 aliphatic heterocycles. The number of amidine groups is 1. The third kappa shape index (κ3) is 2.99. The van der Waals surface area contributed by atoms with Crippen LogP contribution in [0.2, 0.25) is 0 Å². The number of amides is 1. The Morgan fingerprint density at radius 3 is 2.65 bits per heavy atom. The first kappa shape index (κ1) is 14.1. The standard InChI is InChI=1S/C15H19N3O2/c1-9-4-5-12(8-10(9)2)18-15(20)13(11(3)19)14-16-6-7-17-14/h4-5,8,19H,6-7H2,1-3H3,(H,16,17)(H,18,20)/b13-11-. The smallest absolute Gasteiger partial charge is 0.262 e. The largest absolute Gasteiger partial charge is 0.512 e. The summed E-state index contributed by atoms with van der Waals surface area (Å²) in [6, 6.07) is 5.70. The summed E-state index contributed by atoms with van der Waals surface area (Å²) >= 11 is 0. The predicted molar refractivity (Wildman–Crippen MR) is 80.2 cm³/mol. The van der Waals surface area contributed by atoms with E-state index >= 15 is 0 Å². The monoisotopic (exact) mass is 273 g/mol. The van der Waals surface area contributed by atoms with Gasteiger partial charge in [-0.15, -0.1) is 0 Å². The molecule has 0 spiro atoms. The van der Waals surface area contributed by atoms with Gasteiger partial charge in [0, 0.05) is 12.2 Å². The second kappa shape index (κ2) is 5.77. The number of aliphatic hydroxyl groups is 1. The molecule has 1 aliphatic rings. The first-order chi connectivity index (χ1) is 9.49. The number of nitrogens with zero attached hydrogens (tertiary/aromatic N) is 1. The summed E-state index contributed by atoms with van der Waals surface area (Å²) in [4.78, 5) is 16.5. The second-order valence-electron chi connectivity index (χ2n) is 4.87. The Hall–Kier alpha value is -2.30. The zero-order valence-electron chi connectivity index (χ0n) is 11.9. The second-order valence-corrected chi connectivity index (χ2v) is 4.87. The number of hydrogen-bond acceptors (Lipinski definition) is 4. The van der Waals surface area contributed by atoms with Gasteiger partial charge in [-0.1, -0.05) is 6.07 Å². The molecule has 1 amide bonds. The van der Waals surface area contributed by atoms with Crippen molar-refractivity contribution in [3.8, 4) is 0 Å². The molecule has 5 heteroatoms. The Balaban J connectivity index is 2.21. The zero-order chi connectivity index (χ0) is 14.7. The van der Waals surface area contributed by atoms with Gasteiger partial charge in [-0.2, -0.15) is 0 Å². The van der Waals surface area contributed by atoms with E-state index in [9.17, 15) is 9.90 Å². The molecule has 1 heterocycles. The predicted octanol–water partition coefficient (Wildman–Crippen LogP) is 2.08. The van der Waals surface area contributed by atoms with Crippen LogP contribution in [-0.4, -0.2) is 29.9 Å². The van der Waals surface area contributed by atoms with Crippen molar-refractivity contribution in [2.45, 2.75) is 20.8 Å². The molecule has 5 nitrogen and oxygen atoms in total. The Morgan fingerprint density at radius 2 is 2.10 bits per heavy atom. The first-order valence-corrected chi connectivity index (χ1v) is 6.56. The van der Waals surface area contributed by atoms with Gasteiger partial charge in [0.25, 0.3) is 5.91 Å². The van der Waals surface area contributed by atoms with Gasteiger partial charge in [0.15, 0.2) is 0 Å². The van der Waals surface area contributed by atoms with Crippen molar-refractivity contribution in [3.05, 3.63) is 40.7 Å². The highest BCUT2D eigenvalue weighted by Crippen LogP contribution is 2.16. The fourth-order valence-electron chi connectivity index (χ4n) is 2.02. The van der Waals surface area contributed by atoms with Gasteiger partial charge in [-0.25, -0.2) is 0 Å². The summed E-state index contributed by atoms with van der Waals surface area (Å²) < 4.78 is 0. The zero-order valence-corrected chi connectivity index (χ0v) is 11.9. The third-order valence-electron chi connectivity index (χ3n) is 3.26.